The molecule has 0 atom stereocenters. The molecule has 2 aromatic heterocycles. The number of hydrogen-bond donors (Lipinski definition) is 2. The van der Waals surface area contributed by atoms with Gasteiger partial charge in [-0.2, -0.15) is 4.98 Å². The summed E-state index contributed by atoms with van der Waals surface area (Å²) in [5.41, 5.74) is 1.49. The van der Waals surface area contributed by atoms with Crippen molar-refractivity contribution in [3.63, 3.8) is 0 Å². The van der Waals surface area contributed by atoms with Gasteiger partial charge in [-0.1, -0.05) is 34.1 Å². The fourth-order valence-electron chi connectivity index (χ4n) is 2.35. The van der Waals surface area contributed by atoms with Crippen LogP contribution in [0.1, 0.15) is 46.2 Å². The molecule has 0 bridgehead atoms. The Morgan fingerprint density at radius 2 is 2.00 bits per heavy atom. The van der Waals surface area contributed by atoms with Crippen molar-refractivity contribution in [1.82, 2.24) is 19.7 Å². The molecule has 0 saturated heterocycles. The lowest BCUT2D eigenvalue weighted by atomic mass is 9.90. The smallest absolute Gasteiger partial charge is 0.261 e. The Labute approximate surface area is 129 Å². The maximum Gasteiger partial charge on any atom is 0.261 e. The van der Waals surface area contributed by atoms with E-state index in [-0.39, 0.29) is 11.0 Å². The maximum atomic E-state index is 12.8. The zero-order valence-electron chi connectivity index (χ0n) is 13.0. The average molecular weight is 306 g/mol. The highest BCUT2D eigenvalue weighted by Gasteiger charge is 2.21. The van der Waals surface area contributed by atoms with E-state index in [0.717, 1.165) is 25.1 Å². The van der Waals surface area contributed by atoms with E-state index in [9.17, 15) is 4.79 Å². The van der Waals surface area contributed by atoms with Crippen molar-refractivity contribution in [3.8, 4) is 11.4 Å². The molecule has 0 aliphatic carbocycles. The van der Waals surface area contributed by atoms with Crippen LogP contribution in [-0.4, -0.2) is 19.7 Å². The molecular formula is C15H22N4OS. The fourth-order valence-corrected chi connectivity index (χ4v) is 2.49. The molecule has 0 radical (unpaired) electrons. The van der Waals surface area contributed by atoms with Crippen LogP contribution in [0, 0.1) is 4.77 Å². The molecule has 114 valence electrons. The van der Waals surface area contributed by atoms with Gasteiger partial charge in [-0.05, 0) is 30.8 Å². The maximum absolute atomic E-state index is 12.8. The van der Waals surface area contributed by atoms with Gasteiger partial charge in [0.25, 0.3) is 5.56 Å². The van der Waals surface area contributed by atoms with Crippen molar-refractivity contribution in [2.75, 3.05) is 0 Å². The van der Waals surface area contributed by atoms with Crippen molar-refractivity contribution < 1.29 is 0 Å². The van der Waals surface area contributed by atoms with E-state index in [1.54, 1.807) is 0 Å². The van der Waals surface area contributed by atoms with Crippen LogP contribution in [0.4, 0.5) is 0 Å². The molecule has 2 aromatic rings. The molecule has 0 unspecified atom stereocenters. The Kier molecular flexibility index (Phi) is 4.46. The predicted octanol–water partition coefficient (Wildman–Crippen LogP) is 3.39. The summed E-state index contributed by atoms with van der Waals surface area (Å²) in [5.74, 6) is 0.496. The Morgan fingerprint density at radius 1 is 1.29 bits per heavy atom. The molecular weight excluding hydrogens is 284 g/mol. The van der Waals surface area contributed by atoms with Crippen LogP contribution in [0.2, 0.25) is 0 Å². The average Bonchev–Trinajstić information content (AvgIpc) is 2.82. The van der Waals surface area contributed by atoms with Gasteiger partial charge in [0.05, 0.1) is 5.56 Å². The molecule has 5 nitrogen and oxygen atoms in total. The number of pyridine rings is 1. The van der Waals surface area contributed by atoms with Gasteiger partial charge in [0.2, 0.25) is 4.77 Å². The predicted molar refractivity (Wildman–Crippen MR) is 87.1 cm³/mol. The summed E-state index contributed by atoms with van der Waals surface area (Å²) >= 11 is 4.96. The molecule has 0 fully saturated rings. The van der Waals surface area contributed by atoms with Crippen LogP contribution < -0.4 is 5.56 Å². The molecule has 2 rings (SSSR count). The van der Waals surface area contributed by atoms with Gasteiger partial charge in [0.1, 0.15) is 0 Å². The van der Waals surface area contributed by atoms with Crippen LogP contribution in [0.5, 0.6) is 0 Å². The first-order valence-corrected chi connectivity index (χ1v) is 7.64. The second-order valence-corrected chi connectivity index (χ2v) is 6.59. The SMILES string of the molecule is CCCCn1c(C(C)(C)C)ccc(-c2nc(=S)[nH][nH]2)c1=O. The fraction of sp³-hybridized carbons (Fsp3) is 0.533. The number of aromatic nitrogens is 4. The van der Waals surface area contributed by atoms with Crippen molar-refractivity contribution in [2.24, 2.45) is 0 Å². The number of unbranched alkanes of at least 4 members (excludes halogenated alkanes) is 1. The lowest BCUT2D eigenvalue weighted by Crippen LogP contribution is -2.30. The molecule has 21 heavy (non-hydrogen) atoms. The molecule has 0 spiro atoms. The second-order valence-electron chi connectivity index (χ2n) is 6.21. The number of H-pyrrole nitrogens is 2. The minimum Gasteiger partial charge on any atom is -0.311 e. The highest BCUT2D eigenvalue weighted by molar-refractivity contribution is 7.71. The Bertz CT molecular complexity index is 733. The number of hydrogen-bond acceptors (Lipinski definition) is 3. The van der Waals surface area contributed by atoms with Gasteiger partial charge < -0.3 is 4.57 Å². The quantitative estimate of drug-likeness (QED) is 0.851. The largest absolute Gasteiger partial charge is 0.311 e. The summed E-state index contributed by atoms with van der Waals surface area (Å²) in [6.07, 6.45) is 2.02. The summed E-state index contributed by atoms with van der Waals surface area (Å²) in [6, 6.07) is 3.84. The van der Waals surface area contributed by atoms with E-state index >= 15 is 0 Å². The third-order valence-corrected chi connectivity index (χ3v) is 3.63. The third-order valence-electron chi connectivity index (χ3n) is 3.43. The standard InChI is InChI=1S/C15H22N4OS/c1-5-6-9-19-11(15(2,3)4)8-7-10(13(19)20)12-16-14(21)18-17-12/h7-8H,5-6,9H2,1-4H3,(H2,16,17,18,21). The highest BCUT2D eigenvalue weighted by Crippen LogP contribution is 2.23. The topological polar surface area (TPSA) is 66.5 Å². The highest BCUT2D eigenvalue weighted by atomic mass is 32.1. The van der Waals surface area contributed by atoms with E-state index in [2.05, 4.69) is 42.9 Å². The lowest BCUT2D eigenvalue weighted by molar-refractivity contribution is 0.490. The summed E-state index contributed by atoms with van der Waals surface area (Å²) in [4.78, 5) is 17.0. The Morgan fingerprint density at radius 3 is 2.52 bits per heavy atom. The zero-order chi connectivity index (χ0) is 15.6. The lowest BCUT2D eigenvalue weighted by Gasteiger charge is -2.24. The summed E-state index contributed by atoms with van der Waals surface area (Å²) in [7, 11) is 0. The monoisotopic (exact) mass is 306 g/mol. The van der Waals surface area contributed by atoms with Crippen molar-refractivity contribution in [1.29, 1.82) is 0 Å². The van der Waals surface area contributed by atoms with Crippen molar-refractivity contribution >= 4 is 12.2 Å². The third kappa shape index (κ3) is 3.32. The second kappa shape index (κ2) is 5.97. The normalized spacial score (nSPS) is 11.8. The Balaban J connectivity index is 2.61. The minimum absolute atomic E-state index is 0.0198. The van der Waals surface area contributed by atoms with Gasteiger partial charge in [0, 0.05) is 17.7 Å². The number of nitrogens with one attached hydrogen (secondary N) is 2. The number of aromatic amines is 2. The van der Waals surface area contributed by atoms with Crippen molar-refractivity contribution in [3.05, 3.63) is 33.0 Å². The minimum atomic E-state index is -0.0795. The molecule has 0 aliphatic heterocycles. The Hall–Kier alpha value is -1.69. The van der Waals surface area contributed by atoms with Crippen LogP contribution in [-0.2, 0) is 12.0 Å². The van der Waals surface area contributed by atoms with Gasteiger partial charge in [-0.15, -0.1) is 0 Å². The molecule has 0 saturated carbocycles. The first-order chi connectivity index (χ1) is 9.84. The molecule has 6 heteroatoms. The van der Waals surface area contributed by atoms with Gasteiger partial charge in [-0.25, -0.2) is 0 Å². The van der Waals surface area contributed by atoms with Crippen LogP contribution in [0.3, 0.4) is 0 Å². The van der Waals surface area contributed by atoms with E-state index in [0.29, 0.717) is 16.2 Å². The molecule has 0 aliphatic rings. The first-order valence-electron chi connectivity index (χ1n) is 7.24. The van der Waals surface area contributed by atoms with Gasteiger partial charge in [-0.3, -0.25) is 15.0 Å². The zero-order valence-corrected chi connectivity index (χ0v) is 13.8. The first kappa shape index (κ1) is 15.7. The van der Waals surface area contributed by atoms with Crippen LogP contribution in [0.25, 0.3) is 11.4 Å². The summed E-state index contributed by atoms with van der Waals surface area (Å²) < 4.78 is 2.22. The summed E-state index contributed by atoms with van der Waals surface area (Å²) in [6.45, 7) is 9.20. The van der Waals surface area contributed by atoms with E-state index in [4.69, 9.17) is 12.2 Å². The molecule has 0 aromatic carbocycles. The molecule has 2 N–H and O–H groups in total. The van der Waals surface area contributed by atoms with Crippen molar-refractivity contribution in [2.45, 2.75) is 52.5 Å². The summed E-state index contributed by atoms with van der Waals surface area (Å²) in [5, 5.41) is 5.58. The van der Waals surface area contributed by atoms with Gasteiger partial charge in [0.15, 0.2) is 5.82 Å². The molecule has 0 amide bonds. The number of nitrogens with zero attached hydrogens (tertiary/aromatic N) is 2. The van der Waals surface area contributed by atoms with E-state index in [1.165, 1.54) is 0 Å². The van der Waals surface area contributed by atoms with E-state index in [1.807, 2.05) is 16.7 Å². The van der Waals surface area contributed by atoms with Crippen LogP contribution >= 0.6 is 12.2 Å². The number of rotatable bonds is 4. The van der Waals surface area contributed by atoms with E-state index < -0.39 is 0 Å². The van der Waals surface area contributed by atoms with Gasteiger partial charge >= 0.3 is 0 Å². The van der Waals surface area contributed by atoms with Crippen LogP contribution in [0.15, 0.2) is 16.9 Å². The molecule has 2 heterocycles.